The quantitative estimate of drug-likeness (QED) is 0.449. The normalized spacial score (nSPS) is 19.0. The van der Waals surface area contributed by atoms with Crippen molar-refractivity contribution in [1.29, 1.82) is 0 Å². The summed E-state index contributed by atoms with van der Waals surface area (Å²) in [6, 6.07) is 5.88. The second-order valence-corrected chi connectivity index (χ2v) is 8.07. The van der Waals surface area contributed by atoms with Crippen LogP contribution in [0.1, 0.15) is 38.7 Å². The molecular formula is C18H25NO4S. The number of aryl methyl sites for hydroxylation is 1. The summed E-state index contributed by atoms with van der Waals surface area (Å²) in [5, 5.41) is 0. The number of carbonyl (C=O) groups is 1. The van der Waals surface area contributed by atoms with E-state index in [0.29, 0.717) is 13.0 Å². The molecule has 24 heavy (non-hydrogen) atoms. The maximum atomic E-state index is 12.9. The number of esters is 1. The molecule has 0 radical (unpaired) electrons. The van der Waals surface area contributed by atoms with E-state index in [0.717, 1.165) is 24.0 Å². The fraction of sp³-hybridized carbons (Fsp3) is 0.500. The maximum absolute atomic E-state index is 12.9. The lowest BCUT2D eigenvalue weighted by Crippen LogP contribution is -2.47. The summed E-state index contributed by atoms with van der Waals surface area (Å²) in [6.07, 6.45) is 3.91. The first-order valence-electron chi connectivity index (χ1n) is 8.27. The van der Waals surface area contributed by atoms with Crippen molar-refractivity contribution in [2.24, 2.45) is 0 Å². The van der Waals surface area contributed by atoms with Crippen molar-refractivity contribution in [2.75, 3.05) is 13.2 Å². The van der Waals surface area contributed by atoms with Gasteiger partial charge in [0, 0.05) is 6.54 Å². The molecule has 0 bridgehead atoms. The first-order valence-corrected chi connectivity index (χ1v) is 9.71. The molecule has 0 amide bonds. The van der Waals surface area contributed by atoms with Gasteiger partial charge in [0.15, 0.2) is 0 Å². The van der Waals surface area contributed by atoms with Gasteiger partial charge in [0.2, 0.25) is 10.0 Å². The van der Waals surface area contributed by atoms with Gasteiger partial charge >= 0.3 is 5.97 Å². The Morgan fingerprint density at radius 3 is 2.54 bits per heavy atom. The van der Waals surface area contributed by atoms with Gasteiger partial charge in [-0.1, -0.05) is 42.7 Å². The lowest BCUT2D eigenvalue weighted by atomic mass is 10.0. The van der Waals surface area contributed by atoms with E-state index in [9.17, 15) is 13.2 Å². The van der Waals surface area contributed by atoms with Gasteiger partial charge in [-0.3, -0.25) is 4.79 Å². The lowest BCUT2D eigenvalue weighted by molar-refractivity contribution is -0.148. The molecule has 132 valence electrons. The number of hydrogen-bond donors (Lipinski definition) is 0. The highest BCUT2D eigenvalue weighted by Crippen LogP contribution is 2.26. The minimum Gasteiger partial charge on any atom is -0.464 e. The fourth-order valence-corrected chi connectivity index (χ4v) is 4.11. The Hall–Kier alpha value is -1.66. The van der Waals surface area contributed by atoms with E-state index in [1.165, 1.54) is 4.31 Å². The third kappa shape index (κ3) is 4.24. The molecule has 1 aliphatic heterocycles. The van der Waals surface area contributed by atoms with Gasteiger partial charge in [0.1, 0.15) is 6.04 Å². The molecule has 5 nitrogen and oxygen atoms in total. The number of carbonyl (C=O) groups excluding carboxylic acids is 1. The molecular weight excluding hydrogens is 326 g/mol. The van der Waals surface area contributed by atoms with Crippen LogP contribution in [0, 0.1) is 6.92 Å². The maximum Gasteiger partial charge on any atom is 0.324 e. The minimum atomic E-state index is -3.74. The summed E-state index contributed by atoms with van der Waals surface area (Å²) in [5.74, 6) is -0.466. The molecule has 1 heterocycles. The second kappa shape index (κ2) is 7.94. The molecule has 0 saturated heterocycles. The predicted molar refractivity (Wildman–Crippen MR) is 93.1 cm³/mol. The third-order valence-corrected chi connectivity index (χ3v) is 6.01. The number of hydrogen-bond acceptors (Lipinski definition) is 4. The van der Waals surface area contributed by atoms with E-state index in [2.05, 4.69) is 0 Å². The summed E-state index contributed by atoms with van der Waals surface area (Å²) >= 11 is 0. The van der Waals surface area contributed by atoms with Crippen molar-refractivity contribution in [3.05, 3.63) is 41.5 Å². The van der Waals surface area contributed by atoms with E-state index >= 15 is 0 Å². The Balaban J connectivity index is 2.27. The van der Waals surface area contributed by atoms with E-state index < -0.39 is 22.0 Å². The van der Waals surface area contributed by atoms with Gasteiger partial charge in [-0.2, -0.15) is 4.31 Å². The fourth-order valence-electron chi connectivity index (χ4n) is 2.59. The number of rotatable bonds is 6. The van der Waals surface area contributed by atoms with Crippen LogP contribution in [0.4, 0.5) is 0 Å². The van der Waals surface area contributed by atoms with Crippen molar-refractivity contribution in [3.63, 3.8) is 0 Å². The predicted octanol–water partition coefficient (Wildman–Crippen LogP) is 3.05. The summed E-state index contributed by atoms with van der Waals surface area (Å²) in [4.78, 5) is 12.6. The molecule has 2 rings (SSSR count). The average Bonchev–Trinajstić information content (AvgIpc) is 2.55. The van der Waals surface area contributed by atoms with Gasteiger partial charge in [-0.25, -0.2) is 8.42 Å². The molecule has 0 N–H and O–H groups in total. The first kappa shape index (κ1) is 18.7. The Bertz CT molecular complexity index is 707. The first-order chi connectivity index (χ1) is 11.4. The zero-order valence-corrected chi connectivity index (χ0v) is 15.3. The molecule has 0 aromatic heterocycles. The minimum absolute atomic E-state index is 0.190. The molecule has 0 saturated carbocycles. The number of sulfonamides is 1. The van der Waals surface area contributed by atoms with Crippen LogP contribution in [0.2, 0.25) is 0 Å². The van der Waals surface area contributed by atoms with E-state index in [1.54, 1.807) is 24.3 Å². The standard InChI is InChI=1S/C18H25NO4S/c1-4-5-12-23-18(20)17-13-15(3)10-11-19(17)24(21,22)16-8-6-14(2)7-9-16/h6-10,17H,4-5,11-13H2,1-3H3. The zero-order valence-electron chi connectivity index (χ0n) is 14.5. The molecule has 1 atom stereocenters. The smallest absolute Gasteiger partial charge is 0.324 e. The van der Waals surface area contributed by atoms with Crippen LogP contribution in [0.25, 0.3) is 0 Å². The molecule has 1 aromatic rings. The zero-order chi connectivity index (χ0) is 17.7. The van der Waals surface area contributed by atoms with Gasteiger partial charge in [0.05, 0.1) is 11.5 Å². The second-order valence-electron chi connectivity index (χ2n) is 6.18. The third-order valence-electron chi connectivity index (χ3n) is 4.12. The van der Waals surface area contributed by atoms with Crippen LogP contribution in [0.5, 0.6) is 0 Å². The Morgan fingerprint density at radius 1 is 1.25 bits per heavy atom. The largest absolute Gasteiger partial charge is 0.464 e. The summed E-state index contributed by atoms with van der Waals surface area (Å²) in [5.41, 5.74) is 1.99. The Labute approximate surface area is 144 Å². The molecule has 1 aromatic carbocycles. The molecule has 0 spiro atoms. The van der Waals surface area contributed by atoms with E-state index in [1.807, 2.05) is 26.8 Å². The Kier molecular flexibility index (Phi) is 6.18. The number of nitrogens with zero attached hydrogens (tertiary/aromatic N) is 1. The topological polar surface area (TPSA) is 63.7 Å². The summed E-state index contributed by atoms with van der Waals surface area (Å²) < 4.78 is 32.4. The highest BCUT2D eigenvalue weighted by Gasteiger charge is 2.38. The Morgan fingerprint density at radius 2 is 1.92 bits per heavy atom. The van der Waals surface area contributed by atoms with Crippen LogP contribution in [0.15, 0.2) is 40.8 Å². The van der Waals surface area contributed by atoms with Crippen molar-refractivity contribution < 1.29 is 17.9 Å². The molecule has 6 heteroatoms. The number of unbranched alkanes of at least 4 members (excludes halogenated alkanes) is 1. The van der Waals surface area contributed by atoms with Crippen molar-refractivity contribution in [1.82, 2.24) is 4.31 Å². The van der Waals surface area contributed by atoms with Crippen molar-refractivity contribution >= 4 is 16.0 Å². The molecule has 0 aliphatic carbocycles. The van der Waals surface area contributed by atoms with Gasteiger partial charge in [0.25, 0.3) is 0 Å². The van der Waals surface area contributed by atoms with Gasteiger partial charge in [-0.05, 0) is 38.8 Å². The van der Waals surface area contributed by atoms with E-state index in [4.69, 9.17) is 4.74 Å². The van der Waals surface area contributed by atoms with Crippen LogP contribution < -0.4 is 0 Å². The van der Waals surface area contributed by atoms with Crippen LogP contribution >= 0.6 is 0 Å². The summed E-state index contributed by atoms with van der Waals surface area (Å²) in [6.45, 7) is 6.33. The molecule has 0 fully saturated rings. The SMILES string of the molecule is CCCCOC(=O)C1CC(C)=CCN1S(=O)(=O)c1ccc(C)cc1. The monoisotopic (exact) mass is 351 g/mol. The van der Waals surface area contributed by atoms with Gasteiger partial charge < -0.3 is 4.74 Å². The van der Waals surface area contributed by atoms with Crippen molar-refractivity contribution in [3.8, 4) is 0 Å². The van der Waals surface area contributed by atoms with Crippen LogP contribution in [0.3, 0.4) is 0 Å². The summed E-state index contributed by atoms with van der Waals surface area (Å²) in [7, 11) is -3.74. The molecule has 1 unspecified atom stereocenters. The highest BCUT2D eigenvalue weighted by molar-refractivity contribution is 7.89. The highest BCUT2D eigenvalue weighted by atomic mass is 32.2. The number of ether oxygens (including phenoxy) is 1. The average molecular weight is 351 g/mol. The van der Waals surface area contributed by atoms with Crippen LogP contribution in [-0.4, -0.2) is 37.9 Å². The number of benzene rings is 1. The van der Waals surface area contributed by atoms with Gasteiger partial charge in [-0.15, -0.1) is 0 Å². The van der Waals surface area contributed by atoms with E-state index in [-0.39, 0.29) is 11.4 Å². The van der Waals surface area contributed by atoms with Crippen molar-refractivity contribution in [2.45, 2.75) is 51.0 Å². The van der Waals surface area contributed by atoms with Crippen LogP contribution in [-0.2, 0) is 19.6 Å². The molecule has 1 aliphatic rings. The lowest BCUT2D eigenvalue weighted by Gasteiger charge is -2.32.